The smallest absolute Gasteiger partial charge is 0.382 e. The minimum atomic E-state index is -4.29. The van der Waals surface area contributed by atoms with Gasteiger partial charge in [0.15, 0.2) is 0 Å². The van der Waals surface area contributed by atoms with Gasteiger partial charge in [-0.3, -0.25) is 0 Å². The van der Waals surface area contributed by atoms with E-state index in [0.717, 1.165) is 19.5 Å². The minimum Gasteiger partial charge on any atom is -0.382 e. The summed E-state index contributed by atoms with van der Waals surface area (Å²) in [5.74, 6) is 0.479. The van der Waals surface area contributed by atoms with Crippen molar-refractivity contribution in [1.29, 1.82) is 0 Å². The third kappa shape index (κ3) is 1.27. The second kappa shape index (κ2) is 2.66. The molecule has 0 aromatic heterocycles. The predicted molar refractivity (Wildman–Crippen MR) is 46.4 cm³/mol. The van der Waals surface area contributed by atoms with Crippen molar-refractivity contribution in [3.8, 4) is 0 Å². The third-order valence-corrected chi connectivity index (χ3v) is 3.67. The van der Waals surface area contributed by atoms with Gasteiger partial charge in [0, 0.05) is 18.4 Å². The van der Waals surface area contributed by atoms with Gasteiger partial charge in [0.2, 0.25) is 6.10 Å². The summed E-state index contributed by atoms with van der Waals surface area (Å²) in [7, 11) is 0. The molecule has 1 saturated heterocycles. The van der Waals surface area contributed by atoms with Gasteiger partial charge in [-0.2, -0.15) is 13.2 Å². The van der Waals surface area contributed by atoms with E-state index in [9.17, 15) is 13.2 Å². The first-order valence-electron chi connectivity index (χ1n) is 5.03. The van der Waals surface area contributed by atoms with Gasteiger partial charge in [-0.1, -0.05) is 5.16 Å². The lowest BCUT2D eigenvalue weighted by atomic mass is 9.95. The molecule has 0 aromatic carbocycles. The number of alkyl halides is 3. The van der Waals surface area contributed by atoms with Gasteiger partial charge in [0.25, 0.3) is 0 Å². The summed E-state index contributed by atoms with van der Waals surface area (Å²) in [4.78, 5) is 4.47. The average molecular weight is 220 g/mol. The van der Waals surface area contributed by atoms with Crippen molar-refractivity contribution in [2.75, 3.05) is 13.1 Å². The summed E-state index contributed by atoms with van der Waals surface area (Å²) in [6.07, 6.45) is -5.13. The summed E-state index contributed by atoms with van der Waals surface area (Å²) >= 11 is 0. The third-order valence-electron chi connectivity index (χ3n) is 3.67. The molecule has 2 aliphatic heterocycles. The highest BCUT2D eigenvalue weighted by atomic mass is 19.4. The number of hydrogen-bond acceptors (Lipinski definition) is 3. The first kappa shape index (κ1) is 9.45. The van der Waals surface area contributed by atoms with Crippen LogP contribution in [0.15, 0.2) is 5.16 Å². The van der Waals surface area contributed by atoms with E-state index in [1.165, 1.54) is 0 Å². The molecule has 3 rings (SSSR count). The molecule has 1 unspecified atom stereocenters. The zero-order chi connectivity index (χ0) is 10.7. The van der Waals surface area contributed by atoms with E-state index in [1.54, 1.807) is 0 Å². The molecule has 3 aliphatic rings. The van der Waals surface area contributed by atoms with Crippen molar-refractivity contribution in [3.05, 3.63) is 0 Å². The van der Waals surface area contributed by atoms with E-state index in [0.29, 0.717) is 11.6 Å². The topological polar surface area (TPSA) is 33.6 Å². The summed E-state index contributed by atoms with van der Waals surface area (Å²) in [5, 5.41) is 6.81. The van der Waals surface area contributed by atoms with Crippen molar-refractivity contribution >= 4 is 5.71 Å². The Bertz CT molecular complexity index is 328. The molecule has 3 nitrogen and oxygen atoms in total. The van der Waals surface area contributed by atoms with Crippen molar-refractivity contribution in [2.45, 2.75) is 25.1 Å². The molecular formula is C9H11F3N2O. The van der Waals surface area contributed by atoms with Gasteiger partial charge in [-0.15, -0.1) is 0 Å². The Hall–Kier alpha value is -0.780. The molecular weight excluding hydrogens is 209 g/mol. The first-order valence-corrected chi connectivity index (χ1v) is 5.03. The summed E-state index contributed by atoms with van der Waals surface area (Å²) < 4.78 is 37.0. The Morgan fingerprint density at radius 1 is 1.47 bits per heavy atom. The molecule has 2 fully saturated rings. The number of nitrogens with zero attached hydrogens (tertiary/aromatic N) is 1. The lowest BCUT2D eigenvalue weighted by Gasteiger charge is -2.13. The average Bonchev–Trinajstić information content (AvgIpc) is 2.63. The van der Waals surface area contributed by atoms with Crippen LogP contribution in [0.25, 0.3) is 0 Å². The second-order valence-electron chi connectivity index (χ2n) is 4.57. The van der Waals surface area contributed by atoms with Crippen LogP contribution in [0, 0.1) is 11.3 Å². The number of fused-ring (bicyclic) bond motifs is 1. The van der Waals surface area contributed by atoms with Crippen LogP contribution in [0.3, 0.4) is 0 Å². The monoisotopic (exact) mass is 220 g/mol. The lowest BCUT2D eigenvalue weighted by Crippen LogP contribution is -2.31. The highest BCUT2D eigenvalue weighted by Crippen LogP contribution is 2.57. The molecule has 0 bridgehead atoms. The number of nitrogens with one attached hydrogen (secondary N) is 1. The maximum Gasteiger partial charge on any atom is 0.428 e. The summed E-state index contributed by atoms with van der Waals surface area (Å²) in [6, 6.07) is 0. The Labute approximate surface area is 84.7 Å². The van der Waals surface area contributed by atoms with Crippen LogP contribution in [-0.4, -0.2) is 31.1 Å². The van der Waals surface area contributed by atoms with Crippen molar-refractivity contribution in [3.63, 3.8) is 0 Å². The van der Waals surface area contributed by atoms with Gasteiger partial charge < -0.3 is 10.2 Å². The molecule has 3 atom stereocenters. The predicted octanol–water partition coefficient (Wildman–Crippen LogP) is 1.30. The fraction of sp³-hybridized carbons (Fsp3) is 0.889. The Morgan fingerprint density at radius 2 is 2.27 bits per heavy atom. The number of piperidine rings is 1. The van der Waals surface area contributed by atoms with E-state index >= 15 is 0 Å². The Kier molecular flexibility index (Phi) is 1.68. The van der Waals surface area contributed by atoms with Crippen molar-refractivity contribution < 1.29 is 18.0 Å². The number of oxime groups is 1. The fourth-order valence-electron chi connectivity index (χ4n) is 2.64. The van der Waals surface area contributed by atoms with E-state index in [2.05, 4.69) is 15.3 Å². The van der Waals surface area contributed by atoms with Gasteiger partial charge in [0.1, 0.15) is 0 Å². The number of rotatable bonds is 1. The molecule has 2 heterocycles. The van der Waals surface area contributed by atoms with E-state index < -0.39 is 12.3 Å². The number of hydrogen-bond donors (Lipinski definition) is 1. The van der Waals surface area contributed by atoms with Crippen molar-refractivity contribution in [1.82, 2.24) is 5.32 Å². The molecule has 15 heavy (non-hydrogen) atoms. The van der Waals surface area contributed by atoms with Crippen molar-refractivity contribution in [2.24, 2.45) is 16.5 Å². The molecule has 0 spiro atoms. The fourth-order valence-corrected chi connectivity index (χ4v) is 2.64. The molecule has 6 heteroatoms. The summed E-state index contributed by atoms with van der Waals surface area (Å²) in [5.41, 5.74) is 0.514. The number of halogens is 3. The largest absolute Gasteiger partial charge is 0.428 e. The maximum absolute atomic E-state index is 12.3. The Balaban J connectivity index is 1.72. The SMILES string of the molecule is FC(F)(F)C1CC([C@@]23CNC[C@@H]2C3)=NO1. The molecule has 0 aromatic rings. The highest BCUT2D eigenvalue weighted by Gasteiger charge is 2.63. The van der Waals surface area contributed by atoms with Gasteiger partial charge in [-0.05, 0) is 18.9 Å². The minimum absolute atomic E-state index is 0.0817. The van der Waals surface area contributed by atoms with Crippen LogP contribution in [0.1, 0.15) is 12.8 Å². The first-order chi connectivity index (χ1) is 7.02. The second-order valence-corrected chi connectivity index (χ2v) is 4.57. The molecule has 84 valence electrons. The standard InChI is InChI=1S/C9H11F3N2O/c10-9(11,12)7-1-6(14-15-7)8-2-5(8)3-13-4-8/h5,7,13H,1-4H2/t5-,7?,8-/m0/s1. The van der Waals surface area contributed by atoms with Gasteiger partial charge in [0.05, 0.1) is 5.71 Å². The lowest BCUT2D eigenvalue weighted by molar-refractivity contribution is -0.212. The molecule has 0 radical (unpaired) electrons. The van der Waals surface area contributed by atoms with Crippen LogP contribution in [0.4, 0.5) is 13.2 Å². The van der Waals surface area contributed by atoms with Crippen LogP contribution in [0.2, 0.25) is 0 Å². The van der Waals surface area contributed by atoms with Gasteiger partial charge >= 0.3 is 6.18 Å². The zero-order valence-electron chi connectivity index (χ0n) is 7.97. The maximum atomic E-state index is 12.3. The van der Waals surface area contributed by atoms with E-state index in [4.69, 9.17) is 0 Å². The Morgan fingerprint density at radius 3 is 2.73 bits per heavy atom. The van der Waals surface area contributed by atoms with Gasteiger partial charge in [-0.25, -0.2) is 0 Å². The van der Waals surface area contributed by atoms with E-state index in [1.807, 2.05) is 0 Å². The highest BCUT2D eigenvalue weighted by molar-refractivity contribution is 5.94. The molecule has 1 aliphatic carbocycles. The van der Waals surface area contributed by atoms with Crippen LogP contribution in [0.5, 0.6) is 0 Å². The normalized spacial score (nSPS) is 43.5. The summed E-state index contributed by atoms with van der Waals surface area (Å²) in [6.45, 7) is 1.65. The van der Waals surface area contributed by atoms with E-state index in [-0.39, 0.29) is 11.8 Å². The zero-order valence-corrected chi connectivity index (χ0v) is 7.97. The molecule has 0 amide bonds. The molecule has 1 N–H and O–H groups in total. The van der Waals surface area contributed by atoms with Crippen LogP contribution >= 0.6 is 0 Å². The van der Waals surface area contributed by atoms with Crippen LogP contribution < -0.4 is 5.32 Å². The quantitative estimate of drug-likeness (QED) is 0.722. The van der Waals surface area contributed by atoms with Crippen LogP contribution in [-0.2, 0) is 4.84 Å². The molecule has 1 saturated carbocycles.